The quantitative estimate of drug-likeness (QED) is 0.811. The van der Waals surface area contributed by atoms with E-state index >= 15 is 0 Å². The van der Waals surface area contributed by atoms with Crippen LogP contribution in [0.5, 0.6) is 0 Å². The first-order valence-electron chi connectivity index (χ1n) is 6.12. The molecule has 0 saturated carbocycles. The molecule has 5 heteroatoms. The Morgan fingerprint density at radius 1 is 1.35 bits per heavy atom. The molecule has 90 valence electrons. The number of hydrogen-bond acceptors (Lipinski definition) is 4. The van der Waals surface area contributed by atoms with Crippen molar-refractivity contribution in [3.8, 4) is 0 Å². The molecule has 0 bridgehead atoms. The van der Waals surface area contributed by atoms with E-state index in [1.807, 2.05) is 12.3 Å². The summed E-state index contributed by atoms with van der Waals surface area (Å²) in [5, 5.41) is 4.15. The normalized spacial score (nSPS) is 21.0. The van der Waals surface area contributed by atoms with Crippen molar-refractivity contribution in [3.63, 3.8) is 0 Å². The molecule has 0 spiro atoms. The molecular formula is C12H17N5. The third kappa shape index (κ3) is 1.81. The van der Waals surface area contributed by atoms with Gasteiger partial charge < -0.3 is 10.6 Å². The molecule has 0 radical (unpaired) electrons. The fourth-order valence-electron chi connectivity index (χ4n) is 2.54. The zero-order valence-electron chi connectivity index (χ0n) is 10.0. The molecule has 1 fully saturated rings. The van der Waals surface area contributed by atoms with Gasteiger partial charge >= 0.3 is 0 Å². The van der Waals surface area contributed by atoms with Crippen LogP contribution in [0.4, 0.5) is 11.6 Å². The molecule has 1 aliphatic rings. The van der Waals surface area contributed by atoms with Crippen LogP contribution in [0.25, 0.3) is 5.65 Å². The van der Waals surface area contributed by atoms with E-state index < -0.39 is 0 Å². The lowest BCUT2D eigenvalue weighted by atomic mass is 10.0. The average Bonchev–Trinajstić information content (AvgIpc) is 2.68. The van der Waals surface area contributed by atoms with Gasteiger partial charge in [0.15, 0.2) is 5.65 Å². The summed E-state index contributed by atoms with van der Waals surface area (Å²) in [7, 11) is 0. The fraction of sp³-hybridized carbons (Fsp3) is 0.500. The van der Waals surface area contributed by atoms with Gasteiger partial charge in [-0.15, -0.1) is 5.10 Å². The second-order valence-electron chi connectivity index (χ2n) is 4.70. The molecule has 1 saturated heterocycles. The van der Waals surface area contributed by atoms with Gasteiger partial charge in [0, 0.05) is 12.6 Å². The minimum absolute atomic E-state index is 0.328. The molecular weight excluding hydrogens is 214 g/mol. The van der Waals surface area contributed by atoms with E-state index in [4.69, 9.17) is 5.73 Å². The third-order valence-corrected chi connectivity index (χ3v) is 3.47. The SMILES string of the molecule is CC1CCCCN1c1ccc2nc(N)nn2c1. The molecule has 5 nitrogen and oxygen atoms in total. The summed E-state index contributed by atoms with van der Waals surface area (Å²) in [6, 6.07) is 4.67. The Morgan fingerprint density at radius 2 is 2.24 bits per heavy atom. The van der Waals surface area contributed by atoms with Crippen LogP contribution in [0, 0.1) is 0 Å². The Hall–Kier alpha value is -1.78. The summed E-state index contributed by atoms with van der Waals surface area (Å²) >= 11 is 0. The van der Waals surface area contributed by atoms with Crippen LogP contribution in [-0.4, -0.2) is 27.2 Å². The highest BCUT2D eigenvalue weighted by Crippen LogP contribution is 2.24. The second kappa shape index (κ2) is 3.91. The largest absolute Gasteiger partial charge is 0.368 e. The summed E-state index contributed by atoms with van der Waals surface area (Å²) in [6.45, 7) is 3.40. The molecule has 3 rings (SSSR count). The summed E-state index contributed by atoms with van der Waals surface area (Å²) in [6.07, 6.45) is 5.87. The molecule has 1 unspecified atom stereocenters. The maximum atomic E-state index is 5.59. The van der Waals surface area contributed by atoms with Crippen molar-refractivity contribution in [1.82, 2.24) is 14.6 Å². The highest BCUT2D eigenvalue weighted by Gasteiger charge is 2.19. The van der Waals surface area contributed by atoms with Crippen LogP contribution < -0.4 is 10.6 Å². The van der Waals surface area contributed by atoms with E-state index in [1.54, 1.807) is 4.52 Å². The Kier molecular flexibility index (Phi) is 2.39. The molecule has 3 heterocycles. The van der Waals surface area contributed by atoms with Gasteiger partial charge in [0.05, 0.1) is 11.9 Å². The Labute approximate surface area is 100 Å². The van der Waals surface area contributed by atoms with E-state index in [-0.39, 0.29) is 0 Å². The van der Waals surface area contributed by atoms with Crippen molar-refractivity contribution in [2.45, 2.75) is 32.2 Å². The van der Waals surface area contributed by atoms with Gasteiger partial charge in [0.25, 0.3) is 0 Å². The predicted molar refractivity (Wildman–Crippen MR) is 68.1 cm³/mol. The first-order chi connectivity index (χ1) is 8.24. The zero-order chi connectivity index (χ0) is 11.8. The smallest absolute Gasteiger partial charge is 0.240 e. The summed E-state index contributed by atoms with van der Waals surface area (Å²) in [5.74, 6) is 0.328. The maximum Gasteiger partial charge on any atom is 0.240 e. The van der Waals surface area contributed by atoms with Gasteiger partial charge in [-0.25, -0.2) is 4.52 Å². The Balaban J connectivity index is 1.98. The van der Waals surface area contributed by atoms with Gasteiger partial charge in [0.1, 0.15) is 0 Å². The van der Waals surface area contributed by atoms with Gasteiger partial charge in [-0.1, -0.05) is 0 Å². The predicted octanol–water partition coefficient (Wildman–Crippen LogP) is 1.69. The van der Waals surface area contributed by atoms with Crippen molar-refractivity contribution in [1.29, 1.82) is 0 Å². The molecule has 2 aromatic heterocycles. The number of rotatable bonds is 1. The first-order valence-corrected chi connectivity index (χ1v) is 6.12. The van der Waals surface area contributed by atoms with E-state index in [0.717, 1.165) is 12.2 Å². The number of nitrogens with two attached hydrogens (primary N) is 1. The van der Waals surface area contributed by atoms with E-state index in [1.165, 1.54) is 24.9 Å². The number of aromatic nitrogens is 3. The van der Waals surface area contributed by atoms with Gasteiger partial charge in [-0.3, -0.25) is 0 Å². The number of anilines is 2. The first kappa shape index (κ1) is 10.4. The molecule has 17 heavy (non-hydrogen) atoms. The van der Waals surface area contributed by atoms with Crippen LogP contribution in [0.3, 0.4) is 0 Å². The van der Waals surface area contributed by atoms with Crippen LogP contribution in [-0.2, 0) is 0 Å². The molecule has 0 amide bonds. The van der Waals surface area contributed by atoms with Gasteiger partial charge in [-0.05, 0) is 38.3 Å². The number of pyridine rings is 1. The summed E-state index contributed by atoms with van der Waals surface area (Å²) in [4.78, 5) is 6.56. The van der Waals surface area contributed by atoms with Crippen molar-refractivity contribution < 1.29 is 0 Å². The monoisotopic (exact) mass is 231 g/mol. The number of nitrogens with zero attached hydrogens (tertiary/aromatic N) is 4. The van der Waals surface area contributed by atoms with E-state index in [2.05, 4.69) is 28.0 Å². The fourth-order valence-corrected chi connectivity index (χ4v) is 2.54. The lowest BCUT2D eigenvalue weighted by molar-refractivity contribution is 0.484. The summed E-state index contributed by atoms with van der Waals surface area (Å²) in [5.41, 5.74) is 7.59. The Bertz CT molecular complexity index is 533. The van der Waals surface area contributed by atoms with Crippen molar-refractivity contribution in [2.24, 2.45) is 0 Å². The Morgan fingerprint density at radius 3 is 3.06 bits per heavy atom. The number of hydrogen-bond donors (Lipinski definition) is 1. The second-order valence-corrected chi connectivity index (χ2v) is 4.70. The van der Waals surface area contributed by atoms with Gasteiger partial charge in [0.2, 0.25) is 5.95 Å². The lowest BCUT2D eigenvalue weighted by Gasteiger charge is -2.35. The molecule has 1 atom stereocenters. The number of fused-ring (bicyclic) bond motifs is 1. The molecule has 2 aromatic rings. The van der Waals surface area contributed by atoms with E-state index in [0.29, 0.717) is 12.0 Å². The topological polar surface area (TPSA) is 59.5 Å². The van der Waals surface area contributed by atoms with Crippen molar-refractivity contribution in [3.05, 3.63) is 18.3 Å². The molecule has 1 aliphatic heterocycles. The minimum Gasteiger partial charge on any atom is -0.368 e. The summed E-state index contributed by atoms with van der Waals surface area (Å²) < 4.78 is 1.76. The molecule has 0 aromatic carbocycles. The van der Waals surface area contributed by atoms with Crippen molar-refractivity contribution >= 4 is 17.3 Å². The highest BCUT2D eigenvalue weighted by atomic mass is 15.3. The van der Waals surface area contributed by atoms with E-state index in [9.17, 15) is 0 Å². The van der Waals surface area contributed by atoms with Gasteiger partial charge in [-0.2, -0.15) is 4.98 Å². The standard InChI is InChI=1S/C12H17N5/c1-9-4-2-3-7-16(9)10-5-6-11-14-12(13)15-17(11)8-10/h5-6,8-9H,2-4,7H2,1H3,(H2,13,15). The number of nitrogen functional groups attached to an aromatic ring is 1. The third-order valence-electron chi connectivity index (χ3n) is 3.47. The highest BCUT2D eigenvalue weighted by molar-refractivity contribution is 5.53. The maximum absolute atomic E-state index is 5.59. The molecule has 0 aliphatic carbocycles. The van der Waals surface area contributed by atoms with Crippen LogP contribution in [0.2, 0.25) is 0 Å². The van der Waals surface area contributed by atoms with Crippen LogP contribution >= 0.6 is 0 Å². The lowest BCUT2D eigenvalue weighted by Crippen LogP contribution is -2.37. The molecule has 2 N–H and O–H groups in total. The number of piperidine rings is 1. The zero-order valence-corrected chi connectivity index (χ0v) is 10.0. The minimum atomic E-state index is 0.328. The van der Waals surface area contributed by atoms with Crippen molar-refractivity contribution in [2.75, 3.05) is 17.2 Å². The van der Waals surface area contributed by atoms with Crippen LogP contribution in [0.1, 0.15) is 26.2 Å². The average molecular weight is 231 g/mol. The van der Waals surface area contributed by atoms with Crippen LogP contribution in [0.15, 0.2) is 18.3 Å².